The number of benzene rings is 2. The van der Waals surface area contributed by atoms with Crippen LogP contribution in [0.15, 0.2) is 48.5 Å². The van der Waals surface area contributed by atoms with Gasteiger partial charge in [-0.15, -0.1) is 0 Å². The van der Waals surface area contributed by atoms with Gasteiger partial charge in [0.15, 0.2) is 0 Å². The highest BCUT2D eigenvalue weighted by atomic mass is 16.2. The Hall–Kier alpha value is -3.15. The molecule has 0 saturated carbocycles. The van der Waals surface area contributed by atoms with Crippen molar-refractivity contribution in [2.24, 2.45) is 0 Å². The minimum atomic E-state index is -0.414. The van der Waals surface area contributed by atoms with Gasteiger partial charge in [-0.2, -0.15) is 0 Å². The molecular formula is C20H23N3O3. The average molecular weight is 353 g/mol. The second kappa shape index (κ2) is 9.36. The molecule has 0 unspecified atom stereocenters. The maximum atomic E-state index is 12.0. The molecule has 26 heavy (non-hydrogen) atoms. The SMILES string of the molecule is Cc1cccc(C)c1NC(=O)CNC(=O)CNC(=O)Cc1ccccc1. The summed E-state index contributed by atoms with van der Waals surface area (Å²) in [6, 6.07) is 15.0. The molecule has 3 N–H and O–H groups in total. The number of hydrogen-bond donors (Lipinski definition) is 3. The van der Waals surface area contributed by atoms with Crippen LogP contribution in [0.2, 0.25) is 0 Å². The molecule has 0 aliphatic rings. The number of rotatable bonds is 7. The van der Waals surface area contributed by atoms with Gasteiger partial charge in [-0.05, 0) is 30.5 Å². The molecule has 0 saturated heterocycles. The number of carbonyl (C=O) groups excluding carboxylic acids is 3. The van der Waals surface area contributed by atoms with Crippen molar-refractivity contribution in [3.63, 3.8) is 0 Å². The van der Waals surface area contributed by atoms with Crippen molar-refractivity contribution in [3.8, 4) is 0 Å². The Kier molecular flexibility index (Phi) is 6.91. The first-order valence-electron chi connectivity index (χ1n) is 8.39. The minimum Gasteiger partial charge on any atom is -0.347 e. The third-order valence-corrected chi connectivity index (χ3v) is 3.85. The Labute approximate surface area is 153 Å². The lowest BCUT2D eigenvalue weighted by Gasteiger charge is -2.12. The number of amides is 3. The predicted molar refractivity (Wildman–Crippen MR) is 101 cm³/mol. The van der Waals surface area contributed by atoms with E-state index < -0.39 is 5.91 Å². The summed E-state index contributed by atoms with van der Waals surface area (Å²) < 4.78 is 0. The van der Waals surface area contributed by atoms with Crippen LogP contribution in [-0.4, -0.2) is 30.8 Å². The first kappa shape index (κ1) is 19.2. The molecule has 2 aromatic rings. The maximum absolute atomic E-state index is 12.0. The highest BCUT2D eigenvalue weighted by Gasteiger charge is 2.10. The fourth-order valence-electron chi connectivity index (χ4n) is 2.46. The summed E-state index contributed by atoms with van der Waals surface area (Å²) in [5.41, 5.74) is 3.54. The second-order valence-electron chi connectivity index (χ2n) is 6.03. The van der Waals surface area contributed by atoms with Gasteiger partial charge < -0.3 is 16.0 Å². The van der Waals surface area contributed by atoms with E-state index in [1.807, 2.05) is 62.4 Å². The van der Waals surface area contributed by atoms with Crippen molar-refractivity contribution in [2.45, 2.75) is 20.3 Å². The Morgan fingerprint density at radius 1 is 0.731 bits per heavy atom. The van der Waals surface area contributed by atoms with Crippen LogP contribution in [0.1, 0.15) is 16.7 Å². The number of hydrogen-bond acceptors (Lipinski definition) is 3. The van der Waals surface area contributed by atoms with Crippen LogP contribution in [-0.2, 0) is 20.8 Å². The van der Waals surface area contributed by atoms with Crippen molar-refractivity contribution < 1.29 is 14.4 Å². The lowest BCUT2D eigenvalue weighted by atomic mass is 10.1. The Balaban J connectivity index is 1.71. The quantitative estimate of drug-likeness (QED) is 0.708. The molecule has 0 spiro atoms. The van der Waals surface area contributed by atoms with Crippen LogP contribution in [0.25, 0.3) is 0 Å². The van der Waals surface area contributed by atoms with E-state index in [4.69, 9.17) is 0 Å². The molecule has 0 bridgehead atoms. The highest BCUT2D eigenvalue weighted by Crippen LogP contribution is 2.18. The van der Waals surface area contributed by atoms with Crippen LogP contribution in [0.4, 0.5) is 5.69 Å². The summed E-state index contributed by atoms with van der Waals surface area (Å²) in [5.74, 6) is -0.972. The van der Waals surface area contributed by atoms with Crippen molar-refractivity contribution in [2.75, 3.05) is 18.4 Å². The van der Waals surface area contributed by atoms with Crippen molar-refractivity contribution in [3.05, 3.63) is 65.2 Å². The molecule has 136 valence electrons. The molecule has 0 aliphatic carbocycles. The lowest BCUT2D eigenvalue weighted by Crippen LogP contribution is -2.40. The van der Waals surface area contributed by atoms with Gasteiger partial charge in [-0.3, -0.25) is 14.4 Å². The average Bonchev–Trinajstić information content (AvgIpc) is 2.62. The van der Waals surface area contributed by atoms with E-state index in [0.717, 1.165) is 22.4 Å². The fourth-order valence-corrected chi connectivity index (χ4v) is 2.46. The van der Waals surface area contributed by atoms with E-state index in [2.05, 4.69) is 16.0 Å². The van der Waals surface area contributed by atoms with Crippen molar-refractivity contribution in [1.82, 2.24) is 10.6 Å². The van der Waals surface area contributed by atoms with E-state index in [1.54, 1.807) is 0 Å². The summed E-state index contributed by atoms with van der Waals surface area (Å²) in [6.45, 7) is 3.50. The van der Waals surface area contributed by atoms with Gasteiger partial charge in [-0.1, -0.05) is 48.5 Å². The normalized spacial score (nSPS) is 10.1. The summed E-state index contributed by atoms with van der Waals surface area (Å²) in [6.07, 6.45) is 0.209. The fraction of sp³-hybridized carbons (Fsp3) is 0.250. The number of para-hydroxylation sites is 1. The number of carbonyl (C=O) groups is 3. The predicted octanol–water partition coefficient (Wildman–Crippen LogP) is 1.72. The lowest BCUT2D eigenvalue weighted by molar-refractivity contribution is -0.126. The largest absolute Gasteiger partial charge is 0.347 e. The summed E-state index contributed by atoms with van der Waals surface area (Å²) in [4.78, 5) is 35.6. The zero-order valence-electron chi connectivity index (χ0n) is 15.0. The van der Waals surface area contributed by atoms with Gasteiger partial charge in [-0.25, -0.2) is 0 Å². The molecule has 3 amide bonds. The Morgan fingerprint density at radius 3 is 1.96 bits per heavy atom. The first-order chi connectivity index (χ1) is 12.5. The summed E-state index contributed by atoms with van der Waals surface area (Å²) in [5, 5.41) is 7.83. The van der Waals surface area contributed by atoms with E-state index >= 15 is 0 Å². The molecule has 0 radical (unpaired) electrons. The molecule has 0 aliphatic heterocycles. The van der Waals surface area contributed by atoms with Crippen molar-refractivity contribution >= 4 is 23.4 Å². The monoisotopic (exact) mass is 353 g/mol. The molecular weight excluding hydrogens is 330 g/mol. The van der Waals surface area contributed by atoms with E-state index in [-0.39, 0.29) is 31.3 Å². The van der Waals surface area contributed by atoms with Gasteiger partial charge in [0.05, 0.1) is 19.5 Å². The second-order valence-corrected chi connectivity index (χ2v) is 6.03. The van der Waals surface area contributed by atoms with Crippen LogP contribution < -0.4 is 16.0 Å². The van der Waals surface area contributed by atoms with Gasteiger partial charge >= 0.3 is 0 Å². The van der Waals surface area contributed by atoms with Gasteiger partial charge in [0, 0.05) is 5.69 Å². The van der Waals surface area contributed by atoms with Crippen LogP contribution in [0.5, 0.6) is 0 Å². The van der Waals surface area contributed by atoms with Crippen LogP contribution in [0, 0.1) is 13.8 Å². The molecule has 6 nitrogen and oxygen atoms in total. The van der Waals surface area contributed by atoms with E-state index in [9.17, 15) is 14.4 Å². The van der Waals surface area contributed by atoms with E-state index in [0.29, 0.717) is 0 Å². The number of anilines is 1. The Bertz CT molecular complexity index is 768. The van der Waals surface area contributed by atoms with Gasteiger partial charge in [0.25, 0.3) is 0 Å². The standard InChI is InChI=1S/C20H23N3O3/c1-14-7-6-8-15(2)20(14)23-19(26)13-22-18(25)12-21-17(24)11-16-9-4-3-5-10-16/h3-10H,11-13H2,1-2H3,(H,21,24)(H,22,25)(H,23,26). The first-order valence-corrected chi connectivity index (χ1v) is 8.39. The van der Waals surface area contributed by atoms with Gasteiger partial charge in [0.1, 0.15) is 0 Å². The molecule has 0 fully saturated rings. The zero-order valence-corrected chi connectivity index (χ0v) is 15.0. The molecule has 2 aromatic carbocycles. The minimum absolute atomic E-state index is 0.152. The highest BCUT2D eigenvalue weighted by molar-refractivity contribution is 5.96. The zero-order chi connectivity index (χ0) is 18.9. The topological polar surface area (TPSA) is 87.3 Å². The molecule has 0 aromatic heterocycles. The number of aryl methyl sites for hydroxylation is 2. The smallest absolute Gasteiger partial charge is 0.243 e. The number of nitrogens with one attached hydrogen (secondary N) is 3. The molecule has 2 rings (SSSR count). The molecule has 6 heteroatoms. The molecule has 0 atom stereocenters. The van der Waals surface area contributed by atoms with Crippen LogP contribution in [0.3, 0.4) is 0 Å². The van der Waals surface area contributed by atoms with Crippen molar-refractivity contribution in [1.29, 1.82) is 0 Å². The third kappa shape index (κ3) is 6.05. The Morgan fingerprint density at radius 2 is 1.31 bits per heavy atom. The van der Waals surface area contributed by atoms with Crippen LogP contribution >= 0.6 is 0 Å². The maximum Gasteiger partial charge on any atom is 0.243 e. The van der Waals surface area contributed by atoms with E-state index in [1.165, 1.54) is 0 Å². The summed E-state index contributed by atoms with van der Waals surface area (Å²) in [7, 11) is 0. The summed E-state index contributed by atoms with van der Waals surface area (Å²) >= 11 is 0. The molecule has 0 heterocycles. The van der Waals surface area contributed by atoms with Gasteiger partial charge in [0.2, 0.25) is 17.7 Å². The third-order valence-electron chi connectivity index (χ3n) is 3.85.